The second kappa shape index (κ2) is 12.5. The normalized spacial score (nSPS) is 17.5. The van der Waals surface area contributed by atoms with Gasteiger partial charge in [-0.2, -0.15) is 0 Å². The van der Waals surface area contributed by atoms with Crippen molar-refractivity contribution >= 4 is 35.6 Å². The Kier molecular flexibility index (Phi) is 9.73. The zero-order valence-electron chi connectivity index (χ0n) is 19.3. The molecule has 9 N–H and O–H groups in total. The first-order valence-corrected chi connectivity index (χ1v) is 11.1. The summed E-state index contributed by atoms with van der Waals surface area (Å²) in [5.41, 5.74) is 11.2. The Labute approximate surface area is 205 Å². The molecule has 14 heteroatoms. The Bertz CT molecular complexity index is 1010. The molecule has 0 bridgehead atoms. The number of benzene rings is 1. The van der Waals surface area contributed by atoms with Gasteiger partial charge in [0, 0.05) is 13.0 Å². The van der Waals surface area contributed by atoms with E-state index in [0.717, 1.165) is 0 Å². The van der Waals surface area contributed by atoms with E-state index in [1.54, 1.807) is 0 Å². The summed E-state index contributed by atoms with van der Waals surface area (Å²) in [6.07, 6.45) is -0.747. The van der Waals surface area contributed by atoms with Crippen molar-refractivity contribution in [2.75, 3.05) is 6.54 Å². The number of rotatable bonds is 12. The Morgan fingerprint density at radius 3 is 2.19 bits per heavy atom. The van der Waals surface area contributed by atoms with Crippen LogP contribution in [0.1, 0.15) is 31.2 Å². The average molecular weight is 508 g/mol. The number of carbonyl (C=O) groups is 6. The zero-order valence-corrected chi connectivity index (χ0v) is 19.3. The van der Waals surface area contributed by atoms with E-state index in [1.165, 1.54) is 29.2 Å². The fraction of sp³-hybridized carbons (Fsp3) is 0.455. The van der Waals surface area contributed by atoms with E-state index in [1.807, 2.05) is 0 Å². The van der Waals surface area contributed by atoms with E-state index < -0.39 is 72.6 Å². The molecular weight excluding hydrogens is 478 g/mol. The van der Waals surface area contributed by atoms with Gasteiger partial charge in [0.1, 0.15) is 23.9 Å². The number of phenols is 1. The molecule has 1 aromatic rings. The van der Waals surface area contributed by atoms with Crippen LogP contribution >= 0.6 is 0 Å². The van der Waals surface area contributed by atoms with Gasteiger partial charge in [-0.15, -0.1) is 0 Å². The molecule has 4 amide bonds. The van der Waals surface area contributed by atoms with Gasteiger partial charge in [0.05, 0.1) is 18.9 Å². The van der Waals surface area contributed by atoms with Gasteiger partial charge in [0.2, 0.25) is 23.6 Å². The zero-order chi connectivity index (χ0) is 27.0. The van der Waals surface area contributed by atoms with Gasteiger partial charge in [-0.1, -0.05) is 12.1 Å². The minimum absolute atomic E-state index is 0.0191. The summed E-state index contributed by atoms with van der Waals surface area (Å²) in [4.78, 5) is 73.4. The third-order valence-corrected chi connectivity index (χ3v) is 5.58. The first-order chi connectivity index (χ1) is 16.9. The van der Waals surface area contributed by atoms with Crippen molar-refractivity contribution in [1.29, 1.82) is 0 Å². The van der Waals surface area contributed by atoms with Crippen molar-refractivity contribution in [2.45, 2.75) is 56.3 Å². The lowest BCUT2D eigenvalue weighted by atomic mass is 10.0. The molecule has 1 aliphatic rings. The topological polar surface area (TPSA) is 242 Å². The summed E-state index contributed by atoms with van der Waals surface area (Å²) >= 11 is 0. The van der Waals surface area contributed by atoms with Crippen LogP contribution in [0.3, 0.4) is 0 Å². The highest BCUT2D eigenvalue weighted by Gasteiger charge is 2.39. The van der Waals surface area contributed by atoms with Crippen LogP contribution in [0.2, 0.25) is 0 Å². The summed E-state index contributed by atoms with van der Waals surface area (Å²) in [6, 6.07) is 0.491. The molecule has 0 spiro atoms. The van der Waals surface area contributed by atoms with E-state index in [4.69, 9.17) is 16.6 Å². The molecule has 4 atom stereocenters. The molecule has 196 valence electrons. The van der Waals surface area contributed by atoms with Crippen LogP contribution in [-0.2, 0) is 35.2 Å². The molecule has 4 unspecified atom stereocenters. The van der Waals surface area contributed by atoms with E-state index in [9.17, 15) is 39.0 Å². The summed E-state index contributed by atoms with van der Waals surface area (Å²) in [6.45, 7) is 0.133. The Balaban J connectivity index is 2.24. The minimum Gasteiger partial charge on any atom is -0.508 e. The van der Waals surface area contributed by atoms with E-state index in [0.29, 0.717) is 12.0 Å². The highest BCUT2D eigenvalue weighted by Crippen LogP contribution is 2.21. The lowest BCUT2D eigenvalue weighted by molar-refractivity contribution is -0.146. The van der Waals surface area contributed by atoms with Gasteiger partial charge < -0.3 is 42.3 Å². The highest BCUT2D eigenvalue weighted by molar-refractivity contribution is 5.95. The van der Waals surface area contributed by atoms with Crippen LogP contribution in [0, 0.1) is 0 Å². The number of hydrogen-bond donors (Lipinski definition) is 7. The number of carbonyl (C=O) groups excluding carboxylic acids is 4. The van der Waals surface area contributed by atoms with Crippen molar-refractivity contribution < 1.29 is 44.1 Å². The maximum Gasteiger partial charge on any atom is 0.326 e. The predicted molar refractivity (Wildman–Crippen MR) is 122 cm³/mol. The highest BCUT2D eigenvalue weighted by atomic mass is 16.4. The maximum atomic E-state index is 13.4. The molecule has 0 saturated carbocycles. The number of likely N-dealkylation sites (tertiary alicyclic amines) is 1. The van der Waals surface area contributed by atoms with Crippen LogP contribution in [0.4, 0.5) is 0 Å². The average Bonchev–Trinajstić information content (AvgIpc) is 3.28. The number of nitrogens with zero attached hydrogens (tertiary/aromatic N) is 1. The number of nitrogens with one attached hydrogen (secondary N) is 2. The molecule has 0 aliphatic carbocycles. The summed E-state index contributed by atoms with van der Waals surface area (Å²) in [5, 5.41) is 32.3. The Hall–Kier alpha value is -4.20. The maximum absolute atomic E-state index is 13.4. The predicted octanol–water partition coefficient (Wildman–Crippen LogP) is -2.34. The number of amides is 4. The SMILES string of the molecule is NC(=O)CC(NC(=O)C1CCCN1C(=O)C(Cc1ccc(O)cc1)NC(=O)C(N)CC(=O)O)C(=O)O. The van der Waals surface area contributed by atoms with Gasteiger partial charge >= 0.3 is 11.9 Å². The van der Waals surface area contributed by atoms with Crippen LogP contribution in [-0.4, -0.2) is 86.5 Å². The fourth-order valence-electron chi connectivity index (χ4n) is 3.80. The summed E-state index contributed by atoms with van der Waals surface area (Å²) in [5.74, 6) is -6.08. The van der Waals surface area contributed by atoms with Crippen molar-refractivity contribution in [1.82, 2.24) is 15.5 Å². The smallest absolute Gasteiger partial charge is 0.326 e. The lowest BCUT2D eigenvalue weighted by Crippen LogP contribution is -2.57. The third kappa shape index (κ3) is 7.94. The molecule has 0 aromatic heterocycles. The van der Waals surface area contributed by atoms with E-state index >= 15 is 0 Å². The first-order valence-electron chi connectivity index (χ1n) is 11.1. The molecule has 14 nitrogen and oxygen atoms in total. The molecule has 1 aliphatic heterocycles. The number of nitrogens with two attached hydrogens (primary N) is 2. The Morgan fingerprint density at radius 2 is 1.64 bits per heavy atom. The van der Waals surface area contributed by atoms with Crippen LogP contribution in [0.15, 0.2) is 24.3 Å². The summed E-state index contributed by atoms with van der Waals surface area (Å²) in [7, 11) is 0. The summed E-state index contributed by atoms with van der Waals surface area (Å²) < 4.78 is 0. The van der Waals surface area contributed by atoms with Gasteiger partial charge in [0.15, 0.2) is 0 Å². The molecule has 1 aromatic carbocycles. The Morgan fingerprint density at radius 1 is 1.00 bits per heavy atom. The molecule has 1 saturated heterocycles. The second-order valence-corrected chi connectivity index (χ2v) is 8.40. The monoisotopic (exact) mass is 507 g/mol. The van der Waals surface area contributed by atoms with Crippen molar-refractivity contribution in [3.63, 3.8) is 0 Å². The van der Waals surface area contributed by atoms with Gasteiger partial charge in [-0.05, 0) is 30.5 Å². The number of hydrogen-bond acceptors (Lipinski definition) is 8. The quantitative estimate of drug-likeness (QED) is 0.159. The third-order valence-electron chi connectivity index (χ3n) is 5.58. The van der Waals surface area contributed by atoms with Crippen LogP contribution in [0.25, 0.3) is 0 Å². The van der Waals surface area contributed by atoms with E-state index in [-0.39, 0.29) is 25.1 Å². The standard InChI is InChI=1S/C22H29N5O9/c23-13(9-18(30)31)19(32)25-14(8-11-3-5-12(28)6-4-11)21(34)27-7-1-2-16(27)20(33)26-15(22(35)36)10-17(24)29/h3-6,13-16,28H,1-2,7-10,23H2,(H2,24,29)(H,25,32)(H,26,33)(H,30,31)(H,35,36). The first kappa shape index (κ1) is 28.0. The number of phenolic OH excluding ortho intramolecular Hbond substituents is 1. The molecule has 36 heavy (non-hydrogen) atoms. The van der Waals surface area contributed by atoms with Crippen molar-refractivity contribution in [2.24, 2.45) is 11.5 Å². The molecule has 0 radical (unpaired) electrons. The van der Waals surface area contributed by atoms with Crippen LogP contribution in [0.5, 0.6) is 5.75 Å². The van der Waals surface area contributed by atoms with Crippen LogP contribution < -0.4 is 22.1 Å². The molecule has 2 rings (SSSR count). The van der Waals surface area contributed by atoms with Gasteiger partial charge in [-0.25, -0.2) is 4.79 Å². The lowest BCUT2D eigenvalue weighted by Gasteiger charge is -2.30. The number of aliphatic carboxylic acids is 2. The number of carboxylic acid groups (broad SMARTS) is 2. The minimum atomic E-state index is -1.57. The fourth-order valence-corrected chi connectivity index (χ4v) is 3.80. The molecule has 1 fully saturated rings. The van der Waals surface area contributed by atoms with Gasteiger partial charge in [-0.3, -0.25) is 24.0 Å². The molecule has 1 heterocycles. The van der Waals surface area contributed by atoms with Crippen molar-refractivity contribution in [3.8, 4) is 5.75 Å². The molecular formula is C22H29N5O9. The number of carboxylic acids is 2. The second-order valence-electron chi connectivity index (χ2n) is 8.40. The van der Waals surface area contributed by atoms with Gasteiger partial charge in [0.25, 0.3) is 0 Å². The largest absolute Gasteiger partial charge is 0.508 e. The number of aromatic hydroxyl groups is 1. The van der Waals surface area contributed by atoms with Crippen molar-refractivity contribution in [3.05, 3.63) is 29.8 Å². The van der Waals surface area contributed by atoms with E-state index in [2.05, 4.69) is 10.6 Å². The number of primary amides is 1.